The molecule has 0 radical (unpaired) electrons. The molecule has 3 rings (SSSR count). The summed E-state index contributed by atoms with van der Waals surface area (Å²) in [7, 11) is 5.72. The van der Waals surface area contributed by atoms with Crippen molar-refractivity contribution in [2.24, 2.45) is 10.4 Å². The predicted molar refractivity (Wildman–Crippen MR) is 140 cm³/mol. The summed E-state index contributed by atoms with van der Waals surface area (Å²) >= 11 is 0. The number of benzene rings is 1. The number of hydrogen-bond donors (Lipinski definition) is 2. The lowest BCUT2D eigenvalue weighted by atomic mass is 9.73. The van der Waals surface area contributed by atoms with Crippen molar-refractivity contribution in [2.75, 3.05) is 60.5 Å². The molecule has 0 amide bonds. The molecular weight excluding hydrogens is 520 g/mol. The third-order valence-corrected chi connectivity index (χ3v) is 6.49. The third kappa shape index (κ3) is 8.43. The van der Waals surface area contributed by atoms with Crippen LogP contribution in [0.15, 0.2) is 23.2 Å². The van der Waals surface area contributed by atoms with Crippen LogP contribution in [0.4, 0.5) is 4.39 Å². The van der Waals surface area contributed by atoms with E-state index >= 15 is 0 Å². The zero-order valence-electron chi connectivity index (χ0n) is 20.0. The Morgan fingerprint density at radius 3 is 2.53 bits per heavy atom. The molecule has 1 aromatic carbocycles. The lowest BCUT2D eigenvalue weighted by molar-refractivity contribution is 0.00820. The number of rotatable bonds is 8. The van der Waals surface area contributed by atoms with Gasteiger partial charge in [0.25, 0.3) is 0 Å². The lowest BCUT2D eigenvalue weighted by Crippen LogP contribution is -2.51. The van der Waals surface area contributed by atoms with Crippen molar-refractivity contribution in [1.82, 2.24) is 20.4 Å². The van der Waals surface area contributed by atoms with Gasteiger partial charge in [-0.1, -0.05) is 25.3 Å². The van der Waals surface area contributed by atoms with E-state index in [9.17, 15) is 4.39 Å². The molecule has 182 valence electrons. The van der Waals surface area contributed by atoms with Crippen molar-refractivity contribution in [1.29, 1.82) is 0 Å². The van der Waals surface area contributed by atoms with Crippen LogP contribution in [0, 0.1) is 11.2 Å². The van der Waals surface area contributed by atoms with Crippen molar-refractivity contribution in [3.63, 3.8) is 0 Å². The lowest BCUT2D eigenvalue weighted by Gasteiger charge is -2.42. The second-order valence-electron chi connectivity index (χ2n) is 9.39. The van der Waals surface area contributed by atoms with Gasteiger partial charge in [-0.15, -0.1) is 24.0 Å². The first-order valence-electron chi connectivity index (χ1n) is 11.7. The number of ether oxygens (including phenoxy) is 1. The topological polar surface area (TPSA) is 52.1 Å². The number of nitrogens with zero attached hydrogens (tertiary/aromatic N) is 3. The summed E-state index contributed by atoms with van der Waals surface area (Å²) in [4.78, 5) is 8.98. The van der Waals surface area contributed by atoms with Gasteiger partial charge in [0.15, 0.2) is 5.96 Å². The first kappa shape index (κ1) is 27.3. The summed E-state index contributed by atoms with van der Waals surface area (Å²) in [6, 6.07) is 5.35. The smallest absolute Gasteiger partial charge is 0.191 e. The SMILES string of the molecule is CN=C(NCc1ccc(F)c(CN(C)C)c1)NCC1(CN2CCOCC2)CCCCC1.I. The molecular formula is C24H41FIN5O. The van der Waals surface area contributed by atoms with E-state index in [2.05, 4.69) is 20.5 Å². The maximum absolute atomic E-state index is 14.1. The Balaban J connectivity index is 0.00000363. The standard InChI is InChI=1S/C24H40FN5O.HI/c1-26-23(27-16-20-7-8-22(25)21(15-20)17-29(2)3)28-18-24(9-5-4-6-10-24)19-30-11-13-31-14-12-30;/h7-8,15H,4-6,9-14,16-19H2,1-3H3,(H2,26,27,28);1H. The summed E-state index contributed by atoms with van der Waals surface area (Å²) in [5.74, 6) is 0.660. The molecule has 1 aliphatic carbocycles. The third-order valence-electron chi connectivity index (χ3n) is 6.49. The number of aliphatic imine (C=N–C) groups is 1. The highest BCUT2D eigenvalue weighted by atomic mass is 127. The van der Waals surface area contributed by atoms with Gasteiger partial charge < -0.3 is 20.3 Å². The zero-order chi connectivity index (χ0) is 22.1. The Morgan fingerprint density at radius 1 is 1.16 bits per heavy atom. The number of morpholine rings is 1. The summed E-state index contributed by atoms with van der Waals surface area (Å²) in [5, 5.41) is 7.01. The molecule has 1 heterocycles. The molecule has 0 aromatic heterocycles. The Labute approximate surface area is 210 Å². The van der Waals surface area contributed by atoms with E-state index in [-0.39, 0.29) is 29.8 Å². The van der Waals surface area contributed by atoms with Crippen LogP contribution in [0.1, 0.15) is 43.2 Å². The monoisotopic (exact) mass is 561 g/mol. The fourth-order valence-corrected chi connectivity index (χ4v) is 4.80. The van der Waals surface area contributed by atoms with Gasteiger partial charge in [0.2, 0.25) is 0 Å². The highest BCUT2D eigenvalue weighted by Crippen LogP contribution is 2.36. The average molecular weight is 562 g/mol. The second-order valence-corrected chi connectivity index (χ2v) is 9.39. The number of guanidine groups is 1. The molecule has 32 heavy (non-hydrogen) atoms. The predicted octanol–water partition coefficient (Wildman–Crippen LogP) is 3.45. The molecule has 2 N–H and O–H groups in total. The minimum absolute atomic E-state index is 0. The number of hydrogen-bond acceptors (Lipinski definition) is 4. The van der Waals surface area contributed by atoms with Crippen LogP contribution < -0.4 is 10.6 Å². The minimum Gasteiger partial charge on any atom is -0.379 e. The molecule has 0 unspecified atom stereocenters. The van der Waals surface area contributed by atoms with Crippen LogP contribution in [-0.4, -0.2) is 76.3 Å². The molecule has 2 fully saturated rings. The first-order valence-corrected chi connectivity index (χ1v) is 11.7. The van der Waals surface area contributed by atoms with Gasteiger partial charge >= 0.3 is 0 Å². The Bertz CT molecular complexity index is 718. The van der Waals surface area contributed by atoms with E-state index in [1.165, 1.54) is 32.1 Å². The maximum atomic E-state index is 14.1. The van der Waals surface area contributed by atoms with Gasteiger partial charge in [0.1, 0.15) is 5.82 Å². The molecule has 1 saturated carbocycles. The average Bonchev–Trinajstić information content (AvgIpc) is 2.77. The van der Waals surface area contributed by atoms with Crippen LogP contribution in [0.3, 0.4) is 0 Å². The van der Waals surface area contributed by atoms with E-state index in [0.717, 1.165) is 56.5 Å². The van der Waals surface area contributed by atoms with Crippen LogP contribution in [0.2, 0.25) is 0 Å². The normalized spacial score (nSPS) is 19.5. The van der Waals surface area contributed by atoms with E-state index < -0.39 is 0 Å². The summed E-state index contributed by atoms with van der Waals surface area (Å²) in [5.41, 5.74) is 2.07. The van der Waals surface area contributed by atoms with E-state index in [4.69, 9.17) is 4.74 Å². The largest absolute Gasteiger partial charge is 0.379 e. The molecule has 1 aromatic rings. The molecule has 1 aliphatic heterocycles. The molecule has 0 atom stereocenters. The molecule has 6 nitrogen and oxygen atoms in total. The molecule has 0 bridgehead atoms. The van der Waals surface area contributed by atoms with Crippen molar-refractivity contribution < 1.29 is 9.13 Å². The van der Waals surface area contributed by atoms with Crippen LogP contribution in [0.25, 0.3) is 0 Å². The van der Waals surface area contributed by atoms with E-state index in [1.807, 2.05) is 38.2 Å². The fourth-order valence-electron chi connectivity index (χ4n) is 4.80. The van der Waals surface area contributed by atoms with Crippen LogP contribution in [0.5, 0.6) is 0 Å². The molecule has 0 spiro atoms. The van der Waals surface area contributed by atoms with Gasteiger partial charge in [-0.25, -0.2) is 4.39 Å². The van der Waals surface area contributed by atoms with Gasteiger partial charge in [-0.05, 0) is 44.6 Å². The van der Waals surface area contributed by atoms with Crippen LogP contribution in [-0.2, 0) is 17.8 Å². The summed E-state index contributed by atoms with van der Waals surface area (Å²) in [6.07, 6.45) is 6.49. The summed E-state index contributed by atoms with van der Waals surface area (Å²) in [6.45, 7) is 7.04. The molecule has 1 saturated heterocycles. The Morgan fingerprint density at radius 2 is 1.88 bits per heavy atom. The first-order chi connectivity index (χ1) is 15.0. The Kier molecular flexibility index (Phi) is 11.7. The highest BCUT2D eigenvalue weighted by molar-refractivity contribution is 14.0. The van der Waals surface area contributed by atoms with Crippen LogP contribution >= 0.6 is 24.0 Å². The van der Waals surface area contributed by atoms with Gasteiger partial charge in [-0.2, -0.15) is 0 Å². The number of nitrogens with one attached hydrogen (secondary N) is 2. The van der Waals surface area contributed by atoms with Crippen molar-refractivity contribution in [2.45, 2.75) is 45.2 Å². The molecule has 2 aliphatic rings. The minimum atomic E-state index is -0.151. The zero-order valence-corrected chi connectivity index (χ0v) is 22.3. The van der Waals surface area contributed by atoms with Gasteiger partial charge in [-0.3, -0.25) is 9.89 Å². The second kappa shape index (κ2) is 13.7. The highest BCUT2D eigenvalue weighted by Gasteiger charge is 2.34. The quantitative estimate of drug-likeness (QED) is 0.290. The molecule has 8 heteroatoms. The van der Waals surface area contributed by atoms with E-state index in [1.54, 1.807) is 6.07 Å². The van der Waals surface area contributed by atoms with Crippen molar-refractivity contribution >= 4 is 29.9 Å². The Hall–Kier alpha value is -0.970. The van der Waals surface area contributed by atoms with Gasteiger partial charge in [0.05, 0.1) is 13.2 Å². The van der Waals surface area contributed by atoms with Crippen molar-refractivity contribution in [3.8, 4) is 0 Å². The number of halogens is 2. The fraction of sp³-hybridized carbons (Fsp3) is 0.708. The summed E-state index contributed by atoms with van der Waals surface area (Å²) < 4.78 is 19.6. The maximum Gasteiger partial charge on any atom is 0.191 e. The van der Waals surface area contributed by atoms with Gasteiger partial charge in [0, 0.05) is 57.3 Å². The van der Waals surface area contributed by atoms with Crippen molar-refractivity contribution in [3.05, 3.63) is 35.1 Å². The van der Waals surface area contributed by atoms with E-state index in [0.29, 0.717) is 18.5 Å².